The Morgan fingerprint density at radius 2 is 1.74 bits per heavy atom. The topological polar surface area (TPSA) is 55.9 Å². The van der Waals surface area contributed by atoms with Crippen molar-refractivity contribution in [3.63, 3.8) is 0 Å². The van der Waals surface area contributed by atoms with Gasteiger partial charge in [-0.15, -0.1) is 0 Å². The molecule has 7 heteroatoms. The van der Waals surface area contributed by atoms with E-state index in [2.05, 4.69) is 51.8 Å². The quantitative estimate of drug-likeness (QED) is 0.683. The fourth-order valence-corrected chi connectivity index (χ4v) is 5.38. The van der Waals surface area contributed by atoms with Crippen LogP contribution in [0.15, 0.2) is 30.3 Å². The van der Waals surface area contributed by atoms with E-state index in [-0.39, 0.29) is 0 Å². The Hall–Kier alpha value is -0.990. The molecular formula is C20H34N4O2S. The Bertz CT molecular complexity index is 660. The monoisotopic (exact) mass is 394 g/mol. The molecule has 1 aromatic rings. The lowest BCUT2D eigenvalue weighted by molar-refractivity contribution is 0.126. The molecule has 152 valence electrons. The molecule has 27 heavy (non-hydrogen) atoms. The first kappa shape index (κ1) is 20.7. The SMILES string of the molecule is CC1CCCN(S(=O)(=O)NCCCN2CCN(Cc3ccccc3)CC2)C1. The Morgan fingerprint density at radius 1 is 1.04 bits per heavy atom. The minimum Gasteiger partial charge on any atom is -0.301 e. The first-order valence-corrected chi connectivity index (χ1v) is 11.7. The van der Waals surface area contributed by atoms with Gasteiger partial charge in [0.1, 0.15) is 0 Å². The standard InChI is InChI=1S/C20H34N4O2S/c1-19-7-5-12-24(17-19)27(25,26)21-10-6-11-22-13-15-23(16-14-22)18-20-8-3-2-4-9-20/h2-4,8-9,19,21H,5-7,10-18H2,1H3. The summed E-state index contributed by atoms with van der Waals surface area (Å²) in [6.07, 6.45) is 2.96. The van der Waals surface area contributed by atoms with Gasteiger partial charge in [-0.25, -0.2) is 4.72 Å². The van der Waals surface area contributed by atoms with Crippen LogP contribution in [0.25, 0.3) is 0 Å². The van der Waals surface area contributed by atoms with Crippen molar-refractivity contribution in [3.8, 4) is 0 Å². The Kier molecular flexibility index (Phi) is 7.66. The lowest BCUT2D eigenvalue weighted by Gasteiger charge is -2.34. The molecule has 2 fully saturated rings. The number of nitrogens with one attached hydrogen (secondary N) is 1. The summed E-state index contributed by atoms with van der Waals surface area (Å²) in [6, 6.07) is 10.6. The second-order valence-corrected chi connectivity index (χ2v) is 9.72. The first-order chi connectivity index (χ1) is 13.0. The summed E-state index contributed by atoms with van der Waals surface area (Å²) >= 11 is 0. The minimum absolute atomic E-state index is 0.461. The predicted molar refractivity (Wildman–Crippen MR) is 110 cm³/mol. The number of hydrogen-bond acceptors (Lipinski definition) is 4. The van der Waals surface area contributed by atoms with Crippen LogP contribution in [0.5, 0.6) is 0 Å². The zero-order valence-corrected chi connectivity index (χ0v) is 17.3. The molecule has 1 unspecified atom stereocenters. The molecule has 2 heterocycles. The summed E-state index contributed by atoms with van der Waals surface area (Å²) in [5, 5.41) is 0. The Morgan fingerprint density at radius 3 is 2.44 bits per heavy atom. The molecule has 0 aromatic heterocycles. The average Bonchev–Trinajstić information content (AvgIpc) is 2.67. The van der Waals surface area contributed by atoms with Crippen molar-refractivity contribution in [3.05, 3.63) is 35.9 Å². The van der Waals surface area contributed by atoms with Crippen LogP contribution in [0.4, 0.5) is 0 Å². The van der Waals surface area contributed by atoms with E-state index in [9.17, 15) is 8.42 Å². The molecule has 0 bridgehead atoms. The molecule has 1 aromatic carbocycles. The predicted octanol–water partition coefficient (Wildman–Crippen LogP) is 1.76. The lowest BCUT2D eigenvalue weighted by atomic mass is 10.0. The number of piperazine rings is 1. The van der Waals surface area contributed by atoms with Crippen LogP contribution in [0.2, 0.25) is 0 Å². The molecule has 2 aliphatic heterocycles. The lowest BCUT2D eigenvalue weighted by Crippen LogP contribution is -2.47. The summed E-state index contributed by atoms with van der Waals surface area (Å²) in [5.41, 5.74) is 1.37. The van der Waals surface area contributed by atoms with E-state index in [1.165, 1.54) is 5.56 Å². The average molecular weight is 395 g/mol. The number of hydrogen-bond donors (Lipinski definition) is 1. The normalized spacial score (nSPS) is 23.5. The van der Waals surface area contributed by atoms with Crippen molar-refractivity contribution in [1.29, 1.82) is 0 Å². The van der Waals surface area contributed by atoms with Gasteiger partial charge in [0.2, 0.25) is 0 Å². The van der Waals surface area contributed by atoms with Gasteiger partial charge in [-0.3, -0.25) is 4.90 Å². The summed E-state index contributed by atoms with van der Waals surface area (Å²) in [5.74, 6) is 0.461. The molecule has 0 spiro atoms. The van der Waals surface area contributed by atoms with Crippen LogP contribution < -0.4 is 4.72 Å². The van der Waals surface area contributed by atoms with E-state index >= 15 is 0 Å². The summed E-state index contributed by atoms with van der Waals surface area (Å²) in [7, 11) is -3.31. The van der Waals surface area contributed by atoms with Crippen LogP contribution in [-0.4, -0.2) is 74.9 Å². The van der Waals surface area contributed by atoms with Gasteiger partial charge in [0.25, 0.3) is 10.2 Å². The largest absolute Gasteiger partial charge is 0.301 e. The van der Waals surface area contributed by atoms with Crippen LogP contribution in [0.3, 0.4) is 0 Å². The van der Waals surface area contributed by atoms with Crippen LogP contribution in [0, 0.1) is 5.92 Å². The van der Waals surface area contributed by atoms with E-state index in [0.29, 0.717) is 25.6 Å². The summed E-state index contributed by atoms with van der Waals surface area (Å²) in [6.45, 7) is 10.2. The zero-order valence-electron chi connectivity index (χ0n) is 16.5. The van der Waals surface area contributed by atoms with Gasteiger partial charge in [0.15, 0.2) is 0 Å². The van der Waals surface area contributed by atoms with Crippen molar-refractivity contribution in [2.45, 2.75) is 32.7 Å². The fraction of sp³-hybridized carbons (Fsp3) is 0.700. The Balaban J connectivity index is 1.31. The highest BCUT2D eigenvalue weighted by Crippen LogP contribution is 2.17. The zero-order chi connectivity index (χ0) is 19.1. The van der Waals surface area contributed by atoms with Gasteiger partial charge < -0.3 is 4.90 Å². The van der Waals surface area contributed by atoms with Crippen molar-refractivity contribution in [2.75, 3.05) is 52.4 Å². The third-order valence-electron chi connectivity index (χ3n) is 5.61. The smallest absolute Gasteiger partial charge is 0.279 e. The number of piperidine rings is 1. The van der Waals surface area contributed by atoms with E-state index < -0.39 is 10.2 Å². The molecule has 6 nitrogen and oxygen atoms in total. The van der Waals surface area contributed by atoms with Crippen LogP contribution in [0.1, 0.15) is 31.7 Å². The van der Waals surface area contributed by atoms with E-state index in [1.807, 2.05) is 0 Å². The Labute approximate surface area is 164 Å². The molecule has 1 N–H and O–H groups in total. The maximum Gasteiger partial charge on any atom is 0.279 e. The van der Waals surface area contributed by atoms with Gasteiger partial charge >= 0.3 is 0 Å². The molecule has 0 aliphatic carbocycles. The van der Waals surface area contributed by atoms with Crippen LogP contribution in [-0.2, 0) is 16.8 Å². The fourth-order valence-electron chi connectivity index (χ4n) is 3.97. The molecule has 3 rings (SSSR count). The molecule has 2 saturated heterocycles. The summed E-state index contributed by atoms with van der Waals surface area (Å²) < 4.78 is 29.2. The van der Waals surface area contributed by atoms with E-state index in [4.69, 9.17) is 0 Å². The molecule has 1 atom stereocenters. The highest BCUT2D eigenvalue weighted by atomic mass is 32.2. The van der Waals surface area contributed by atoms with Gasteiger partial charge in [-0.05, 0) is 37.3 Å². The second-order valence-electron chi connectivity index (χ2n) is 7.96. The van der Waals surface area contributed by atoms with Crippen molar-refractivity contribution in [2.24, 2.45) is 5.92 Å². The van der Waals surface area contributed by atoms with Gasteiger partial charge in [0, 0.05) is 52.4 Å². The van der Waals surface area contributed by atoms with Gasteiger partial charge in [-0.2, -0.15) is 12.7 Å². The highest BCUT2D eigenvalue weighted by Gasteiger charge is 2.26. The third kappa shape index (κ3) is 6.54. The second kappa shape index (κ2) is 9.98. The van der Waals surface area contributed by atoms with Gasteiger partial charge in [0.05, 0.1) is 0 Å². The number of nitrogens with zero attached hydrogens (tertiary/aromatic N) is 3. The molecule has 0 saturated carbocycles. The highest BCUT2D eigenvalue weighted by molar-refractivity contribution is 7.87. The van der Waals surface area contributed by atoms with Gasteiger partial charge in [-0.1, -0.05) is 37.3 Å². The van der Waals surface area contributed by atoms with Crippen molar-refractivity contribution >= 4 is 10.2 Å². The molecular weight excluding hydrogens is 360 g/mol. The maximum atomic E-state index is 12.4. The van der Waals surface area contributed by atoms with Crippen molar-refractivity contribution in [1.82, 2.24) is 18.8 Å². The molecule has 2 aliphatic rings. The molecule has 0 amide bonds. The van der Waals surface area contributed by atoms with E-state index in [1.54, 1.807) is 4.31 Å². The minimum atomic E-state index is -3.31. The molecule has 0 radical (unpaired) electrons. The van der Waals surface area contributed by atoms with E-state index in [0.717, 1.165) is 58.5 Å². The number of benzene rings is 1. The third-order valence-corrected chi connectivity index (χ3v) is 7.19. The number of rotatable bonds is 8. The van der Waals surface area contributed by atoms with Crippen molar-refractivity contribution < 1.29 is 8.42 Å². The first-order valence-electron chi connectivity index (χ1n) is 10.3. The maximum absolute atomic E-state index is 12.4. The van der Waals surface area contributed by atoms with Crippen LogP contribution >= 0.6 is 0 Å². The summed E-state index contributed by atoms with van der Waals surface area (Å²) in [4.78, 5) is 4.94.